The molecule has 1 aromatic carbocycles. The van der Waals surface area contributed by atoms with Crippen LogP contribution in [0.25, 0.3) is 0 Å². The van der Waals surface area contributed by atoms with Crippen molar-refractivity contribution < 1.29 is 13.6 Å². The number of halogens is 2. The molecule has 0 radical (unpaired) electrons. The van der Waals surface area contributed by atoms with E-state index in [2.05, 4.69) is 21.9 Å². The molecule has 0 saturated heterocycles. The maximum absolute atomic E-state index is 14.1. The number of carbonyl (C=O) groups excluding carboxylic acids is 1. The summed E-state index contributed by atoms with van der Waals surface area (Å²) in [6, 6.07) is 3.08. The van der Waals surface area contributed by atoms with Crippen LogP contribution in [0.5, 0.6) is 0 Å². The Morgan fingerprint density at radius 1 is 1.38 bits per heavy atom. The number of rotatable bonds is 4. The number of nitrogens with zero attached hydrogens (tertiary/aromatic N) is 1. The van der Waals surface area contributed by atoms with Gasteiger partial charge in [0, 0.05) is 24.2 Å². The van der Waals surface area contributed by atoms with Crippen LogP contribution in [0.1, 0.15) is 23.5 Å². The van der Waals surface area contributed by atoms with Gasteiger partial charge in [0.1, 0.15) is 17.5 Å². The summed E-state index contributed by atoms with van der Waals surface area (Å²) in [4.78, 5) is 31.2. The minimum atomic E-state index is -0.816. The van der Waals surface area contributed by atoms with E-state index >= 15 is 0 Å². The van der Waals surface area contributed by atoms with Gasteiger partial charge in [-0.05, 0) is 11.6 Å². The molecule has 24 heavy (non-hydrogen) atoms. The van der Waals surface area contributed by atoms with Gasteiger partial charge in [-0.15, -0.1) is 6.58 Å². The second kappa shape index (κ2) is 6.56. The number of aromatic amines is 1. The average molecular weight is 349 g/mol. The number of anilines is 1. The summed E-state index contributed by atoms with van der Waals surface area (Å²) < 4.78 is 27.2. The number of aromatic nitrogens is 2. The zero-order chi connectivity index (χ0) is 17.3. The van der Waals surface area contributed by atoms with E-state index in [0.29, 0.717) is 10.9 Å². The maximum Gasteiger partial charge on any atom is 0.257 e. The van der Waals surface area contributed by atoms with Gasteiger partial charge in [0.15, 0.2) is 5.16 Å². The van der Waals surface area contributed by atoms with E-state index < -0.39 is 23.1 Å². The predicted molar refractivity (Wildman–Crippen MR) is 87.2 cm³/mol. The first-order valence-corrected chi connectivity index (χ1v) is 8.11. The molecular weight excluding hydrogens is 336 g/mol. The van der Waals surface area contributed by atoms with E-state index in [0.717, 1.165) is 12.1 Å². The number of thioether (sulfide) groups is 1. The molecule has 2 aromatic rings. The number of fused-ring (bicyclic) bond motifs is 1. The molecular formula is C16H13F2N3O2S. The van der Waals surface area contributed by atoms with Crippen molar-refractivity contribution in [2.45, 2.75) is 17.5 Å². The molecule has 0 bridgehead atoms. The highest BCUT2D eigenvalue weighted by Crippen LogP contribution is 2.35. The number of hydrogen-bond donors (Lipinski definition) is 2. The van der Waals surface area contributed by atoms with Gasteiger partial charge in [0.25, 0.3) is 5.56 Å². The van der Waals surface area contributed by atoms with Crippen LogP contribution in [0.15, 0.2) is 40.8 Å². The van der Waals surface area contributed by atoms with E-state index in [9.17, 15) is 18.4 Å². The largest absolute Gasteiger partial charge is 0.310 e. The Labute approximate surface area is 140 Å². The SMILES string of the molecule is C=CCSc1nc2c(c(=O)[nH]1)[C@H](c1ccc(F)cc1F)CC(=O)N2. The standard InChI is InChI=1S/C16H13F2N3O2S/c1-2-5-24-16-20-14-13(15(23)21-16)10(7-12(22)19-14)9-4-3-8(17)6-11(9)18/h2-4,6,10H,1,5,7H2,(H2,19,20,21,22,23)/t10-/m0/s1. The van der Waals surface area contributed by atoms with E-state index in [1.165, 1.54) is 17.8 Å². The lowest BCUT2D eigenvalue weighted by atomic mass is 9.86. The number of H-pyrrole nitrogens is 1. The first-order valence-electron chi connectivity index (χ1n) is 7.12. The van der Waals surface area contributed by atoms with Gasteiger partial charge in [-0.2, -0.15) is 0 Å². The van der Waals surface area contributed by atoms with E-state index in [1.54, 1.807) is 6.08 Å². The zero-order valence-electron chi connectivity index (χ0n) is 12.4. The number of nitrogens with one attached hydrogen (secondary N) is 2. The molecule has 1 aliphatic rings. The molecule has 8 heteroatoms. The number of benzene rings is 1. The first-order chi connectivity index (χ1) is 11.5. The fourth-order valence-electron chi connectivity index (χ4n) is 2.61. The highest BCUT2D eigenvalue weighted by molar-refractivity contribution is 7.99. The zero-order valence-corrected chi connectivity index (χ0v) is 13.3. The molecule has 0 aliphatic carbocycles. The smallest absolute Gasteiger partial charge is 0.257 e. The van der Waals surface area contributed by atoms with Crippen LogP contribution >= 0.6 is 11.8 Å². The molecule has 1 aliphatic heterocycles. The van der Waals surface area contributed by atoms with Crippen LogP contribution in [0, 0.1) is 11.6 Å². The molecule has 2 N–H and O–H groups in total. The van der Waals surface area contributed by atoms with Crippen LogP contribution in [0.4, 0.5) is 14.6 Å². The minimum Gasteiger partial charge on any atom is -0.310 e. The van der Waals surface area contributed by atoms with Crippen LogP contribution in [0.2, 0.25) is 0 Å². The van der Waals surface area contributed by atoms with Crippen LogP contribution in [-0.4, -0.2) is 21.6 Å². The normalized spacial score (nSPS) is 16.4. The van der Waals surface area contributed by atoms with E-state index in [4.69, 9.17) is 0 Å². The number of hydrogen-bond acceptors (Lipinski definition) is 4. The van der Waals surface area contributed by atoms with Crippen molar-refractivity contribution in [3.63, 3.8) is 0 Å². The molecule has 5 nitrogen and oxygen atoms in total. The molecule has 0 fully saturated rings. The Morgan fingerprint density at radius 2 is 2.17 bits per heavy atom. The number of carbonyl (C=O) groups is 1. The molecule has 0 unspecified atom stereocenters. The molecule has 0 saturated carbocycles. The van der Waals surface area contributed by atoms with Crippen LogP contribution < -0.4 is 10.9 Å². The van der Waals surface area contributed by atoms with Gasteiger partial charge < -0.3 is 10.3 Å². The minimum absolute atomic E-state index is 0.0892. The molecule has 124 valence electrons. The lowest BCUT2D eigenvalue weighted by Crippen LogP contribution is -2.31. The summed E-state index contributed by atoms with van der Waals surface area (Å²) in [5.74, 6) is -2.08. The molecule has 1 amide bonds. The summed E-state index contributed by atoms with van der Waals surface area (Å²) in [5, 5.41) is 2.87. The van der Waals surface area contributed by atoms with Gasteiger partial charge in [-0.1, -0.05) is 23.9 Å². The van der Waals surface area contributed by atoms with Crippen molar-refractivity contribution in [2.24, 2.45) is 0 Å². The van der Waals surface area contributed by atoms with Gasteiger partial charge >= 0.3 is 0 Å². The second-order valence-corrected chi connectivity index (χ2v) is 6.21. The Balaban J connectivity index is 2.11. The summed E-state index contributed by atoms with van der Waals surface area (Å²) in [7, 11) is 0. The lowest BCUT2D eigenvalue weighted by molar-refractivity contribution is -0.116. The van der Waals surface area contributed by atoms with Gasteiger partial charge in [0.05, 0.1) is 5.56 Å². The third-order valence-corrected chi connectivity index (χ3v) is 4.47. The number of amides is 1. The highest BCUT2D eigenvalue weighted by atomic mass is 32.2. The lowest BCUT2D eigenvalue weighted by Gasteiger charge is -2.24. The predicted octanol–water partition coefficient (Wildman–Crippen LogP) is 2.80. The van der Waals surface area contributed by atoms with Crippen LogP contribution in [0.3, 0.4) is 0 Å². The summed E-state index contributed by atoms with van der Waals surface area (Å²) in [5.41, 5.74) is -0.199. The van der Waals surface area contributed by atoms with Crippen molar-refractivity contribution in [2.75, 3.05) is 11.1 Å². The molecule has 3 rings (SSSR count). The Kier molecular flexibility index (Phi) is 4.48. The Morgan fingerprint density at radius 3 is 2.88 bits per heavy atom. The quantitative estimate of drug-likeness (QED) is 0.506. The molecule has 1 aromatic heterocycles. The second-order valence-electron chi connectivity index (χ2n) is 5.20. The van der Waals surface area contributed by atoms with E-state index in [-0.39, 0.29) is 29.3 Å². The Hall–Kier alpha value is -2.48. The van der Waals surface area contributed by atoms with E-state index in [1.807, 2.05) is 0 Å². The summed E-state index contributed by atoms with van der Waals surface area (Å²) >= 11 is 1.25. The molecule has 2 heterocycles. The first kappa shape index (κ1) is 16.4. The fourth-order valence-corrected chi connectivity index (χ4v) is 3.20. The van der Waals surface area contributed by atoms with Crippen molar-refractivity contribution in [1.29, 1.82) is 0 Å². The monoisotopic (exact) mass is 349 g/mol. The summed E-state index contributed by atoms with van der Waals surface area (Å²) in [6.45, 7) is 3.58. The maximum atomic E-state index is 14.1. The fraction of sp³-hybridized carbons (Fsp3) is 0.188. The van der Waals surface area contributed by atoms with Crippen molar-refractivity contribution >= 4 is 23.5 Å². The van der Waals surface area contributed by atoms with Crippen LogP contribution in [-0.2, 0) is 4.79 Å². The van der Waals surface area contributed by atoms with Crippen molar-refractivity contribution in [1.82, 2.24) is 9.97 Å². The topological polar surface area (TPSA) is 74.8 Å². The van der Waals surface area contributed by atoms with Crippen molar-refractivity contribution in [3.8, 4) is 0 Å². The third kappa shape index (κ3) is 3.09. The van der Waals surface area contributed by atoms with Gasteiger partial charge in [-0.3, -0.25) is 9.59 Å². The van der Waals surface area contributed by atoms with Gasteiger partial charge in [-0.25, -0.2) is 13.8 Å². The highest BCUT2D eigenvalue weighted by Gasteiger charge is 2.32. The summed E-state index contributed by atoms with van der Waals surface area (Å²) in [6.07, 6.45) is 1.54. The average Bonchev–Trinajstić information content (AvgIpc) is 2.51. The Bertz CT molecular complexity index is 882. The third-order valence-electron chi connectivity index (χ3n) is 3.61. The molecule has 0 spiro atoms. The molecule has 1 atom stereocenters. The van der Waals surface area contributed by atoms with Crippen molar-refractivity contribution in [3.05, 3.63) is 64.0 Å². The van der Waals surface area contributed by atoms with Gasteiger partial charge in [0.2, 0.25) is 5.91 Å².